The van der Waals surface area contributed by atoms with Crippen molar-refractivity contribution >= 4 is 39.2 Å². The molecule has 0 amide bonds. The largest absolute Gasteiger partial charge is 0.489 e. The molecule has 0 aliphatic heterocycles. The van der Waals surface area contributed by atoms with Crippen LogP contribution in [-0.4, -0.2) is 19.7 Å². The minimum atomic E-state index is 0.154. The van der Waals surface area contributed by atoms with E-state index in [0.29, 0.717) is 12.4 Å². The number of rotatable bonds is 5. The predicted molar refractivity (Wildman–Crippen MR) is 129 cm³/mol. The van der Waals surface area contributed by atoms with Crippen molar-refractivity contribution in [3.05, 3.63) is 77.6 Å². The molecule has 2 heterocycles. The first kappa shape index (κ1) is 20.3. The van der Waals surface area contributed by atoms with Gasteiger partial charge in [0.15, 0.2) is 5.65 Å². The van der Waals surface area contributed by atoms with Crippen molar-refractivity contribution in [3.8, 4) is 17.0 Å². The van der Waals surface area contributed by atoms with Crippen LogP contribution in [0.3, 0.4) is 0 Å². The Labute approximate surface area is 190 Å². The van der Waals surface area contributed by atoms with E-state index >= 15 is 0 Å². The Kier molecular flexibility index (Phi) is 5.15. The molecule has 0 spiro atoms. The van der Waals surface area contributed by atoms with E-state index < -0.39 is 0 Å². The zero-order chi connectivity index (χ0) is 22.2. The number of fused-ring (bicyclic) bond motifs is 2. The van der Waals surface area contributed by atoms with Crippen LogP contribution in [0.1, 0.15) is 25.5 Å². The molecular formula is C25H22ClN5O. The minimum Gasteiger partial charge on any atom is -0.489 e. The lowest BCUT2D eigenvalue weighted by molar-refractivity contribution is 0.306. The van der Waals surface area contributed by atoms with Gasteiger partial charge in [0, 0.05) is 16.6 Å². The van der Waals surface area contributed by atoms with Gasteiger partial charge < -0.3 is 10.5 Å². The van der Waals surface area contributed by atoms with Crippen molar-refractivity contribution in [2.45, 2.75) is 26.5 Å². The van der Waals surface area contributed by atoms with E-state index in [1.807, 2.05) is 47.1 Å². The van der Waals surface area contributed by atoms with Crippen LogP contribution >= 0.6 is 11.6 Å². The van der Waals surface area contributed by atoms with Gasteiger partial charge in [-0.25, -0.2) is 14.6 Å². The molecule has 5 aromatic rings. The molecule has 2 N–H and O–H groups in total. The fraction of sp³-hybridized carbons (Fsp3) is 0.160. The molecule has 6 nitrogen and oxygen atoms in total. The highest BCUT2D eigenvalue weighted by Gasteiger charge is 2.18. The molecule has 160 valence electrons. The summed E-state index contributed by atoms with van der Waals surface area (Å²) < 4.78 is 7.86. The van der Waals surface area contributed by atoms with Gasteiger partial charge in [0.1, 0.15) is 30.2 Å². The average Bonchev–Trinajstić information content (AvgIpc) is 3.20. The van der Waals surface area contributed by atoms with E-state index in [1.54, 1.807) is 0 Å². The summed E-state index contributed by atoms with van der Waals surface area (Å²) in [7, 11) is 0. The minimum absolute atomic E-state index is 0.154. The zero-order valence-electron chi connectivity index (χ0n) is 17.8. The van der Waals surface area contributed by atoms with Crippen molar-refractivity contribution in [1.82, 2.24) is 19.7 Å². The van der Waals surface area contributed by atoms with Crippen molar-refractivity contribution < 1.29 is 4.74 Å². The monoisotopic (exact) mass is 443 g/mol. The molecule has 0 radical (unpaired) electrons. The van der Waals surface area contributed by atoms with Crippen LogP contribution in [0.4, 0.5) is 5.82 Å². The third-order valence-corrected chi connectivity index (χ3v) is 5.66. The number of anilines is 1. The number of ether oxygens (including phenoxy) is 1. The average molecular weight is 444 g/mol. The first-order valence-electron chi connectivity index (χ1n) is 10.4. The highest BCUT2D eigenvalue weighted by Crippen LogP contribution is 2.33. The van der Waals surface area contributed by atoms with E-state index in [2.05, 4.69) is 42.0 Å². The molecule has 7 heteroatoms. The van der Waals surface area contributed by atoms with Crippen molar-refractivity contribution in [2.75, 3.05) is 5.73 Å². The molecule has 0 aliphatic rings. The van der Waals surface area contributed by atoms with Crippen LogP contribution < -0.4 is 10.5 Å². The van der Waals surface area contributed by atoms with Crippen LogP contribution in [0, 0.1) is 0 Å². The molecule has 0 saturated carbocycles. The predicted octanol–water partition coefficient (Wildman–Crippen LogP) is 6.04. The molecule has 0 unspecified atom stereocenters. The molecular weight excluding hydrogens is 422 g/mol. The van der Waals surface area contributed by atoms with Crippen molar-refractivity contribution in [3.63, 3.8) is 0 Å². The van der Waals surface area contributed by atoms with Gasteiger partial charge in [0.05, 0.1) is 5.39 Å². The summed E-state index contributed by atoms with van der Waals surface area (Å²) in [5, 5.41) is 8.48. The molecule has 0 fully saturated rings. The Morgan fingerprint density at radius 1 is 0.969 bits per heavy atom. The number of nitrogens with two attached hydrogens (primary N) is 1. The van der Waals surface area contributed by atoms with Crippen molar-refractivity contribution in [1.29, 1.82) is 0 Å². The molecule has 0 bridgehead atoms. The first-order chi connectivity index (χ1) is 15.5. The van der Waals surface area contributed by atoms with Crippen LogP contribution in [0.5, 0.6) is 5.75 Å². The van der Waals surface area contributed by atoms with Gasteiger partial charge in [-0.05, 0) is 60.5 Å². The number of benzene rings is 3. The van der Waals surface area contributed by atoms with Gasteiger partial charge in [-0.15, -0.1) is 0 Å². The van der Waals surface area contributed by atoms with Crippen LogP contribution in [-0.2, 0) is 6.61 Å². The molecule has 5 rings (SSSR count). The number of hydrogen-bond donors (Lipinski definition) is 1. The number of aromatic nitrogens is 4. The fourth-order valence-corrected chi connectivity index (χ4v) is 3.89. The summed E-state index contributed by atoms with van der Waals surface area (Å²) in [6, 6.07) is 20.1. The number of halogens is 1. The van der Waals surface area contributed by atoms with Crippen LogP contribution in [0.2, 0.25) is 5.02 Å². The maximum atomic E-state index is 6.20. The maximum absolute atomic E-state index is 6.20. The summed E-state index contributed by atoms with van der Waals surface area (Å²) in [6.07, 6.45) is 1.48. The second kappa shape index (κ2) is 8.13. The first-order valence-corrected chi connectivity index (χ1v) is 10.8. The third kappa shape index (κ3) is 3.74. The van der Waals surface area contributed by atoms with E-state index in [0.717, 1.165) is 49.4 Å². The number of nitrogens with zero attached hydrogens (tertiary/aromatic N) is 4. The van der Waals surface area contributed by atoms with Crippen LogP contribution in [0.15, 0.2) is 67.0 Å². The number of nitrogen functional groups attached to an aromatic ring is 1. The topological polar surface area (TPSA) is 78.9 Å². The quantitative estimate of drug-likeness (QED) is 0.358. The summed E-state index contributed by atoms with van der Waals surface area (Å²) in [5.74, 6) is 1.25. The van der Waals surface area contributed by atoms with Gasteiger partial charge >= 0.3 is 0 Å². The van der Waals surface area contributed by atoms with Crippen LogP contribution in [0.25, 0.3) is 33.1 Å². The highest BCUT2D eigenvalue weighted by molar-refractivity contribution is 6.30. The van der Waals surface area contributed by atoms with Gasteiger partial charge in [0.2, 0.25) is 0 Å². The summed E-state index contributed by atoms with van der Waals surface area (Å²) in [5.41, 5.74) is 9.77. The fourth-order valence-electron chi connectivity index (χ4n) is 3.77. The van der Waals surface area contributed by atoms with Gasteiger partial charge in [0.25, 0.3) is 0 Å². The van der Waals surface area contributed by atoms with Gasteiger partial charge in [-0.3, -0.25) is 0 Å². The Morgan fingerprint density at radius 3 is 2.50 bits per heavy atom. The second-order valence-corrected chi connectivity index (χ2v) is 8.42. The maximum Gasteiger partial charge on any atom is 0.164 e. The van der Waals surface area contributed by atoms with E-state index in [4.69, 9.17) is 27.2 Å². The molecule has 3 aromatic carbocycles. The summed E-state index contributed by atoms with van der Waals surface area (Å²) in [6.45, 7) is 4.62. The summed E-state index contributed by atoms with van der Waals surface area (Å²) in [4.78, 5) is 8.60. The Hall–Kier alpha value is -3.64. The Bertz CT molecular complexity index is 1430. The standard InChI is InChI=1S/C25H22ClN5O/c1-15(2)31-25-22(24(27)28-14-29-25)23(30-31)19-6-5-18-12-21(10-7-17(18)11-19)32-13-16-3-8-20(26)9-4-16/h3-12,14-15H,13H2,1-2H3,(H2,27,28,29). The van der Waals surface area contributed by atoms with Gasteiger partial charge in [-0.2, -0.15) is 5.10 Å². The molecule has 2 aromatic heterocycles. The van der Waals surface area contributed by atoms with E-state index in [1.165, 1.54) is 6.33 Å². The summed E-state index contributed by atoms with van der Waals surface area (Å²) >= 11 is 5.95. The number of hydrogen-bond acceptors (Lipinski definition) is 5. The second-order valence-electron chi connectivity index (χ2n) is 7.98. The normalized spacial score (nSPS) is 11.5. The third-order valence-electron chi connectivity index (χ3n) is 5.41. The SMILES string of the molecule is CC(C)n1nc(-c2ccc3cc(OCc4ccc(Cl)cc4)ccc3c2)c2c(N)ncnc21. The lowest BCUT2D eigenvalue weighted by Crippen LogP contribution is -2.04. The molecule has 0 aliphatic carbocycles. The highest BCUT2D eigenvalue weighted by atomic mass is 35.5. The Balaban J connectivity index is 1.48. The lowest BCUT2D eigenvalue weighted by atomic mass is 10.0. The van der Waals surface area contributed by atoms with E-state index in [-0.39, 0.29) is 6.04 Å². The smallest absolute Gasteiger partial charge is 0.164 e. The van der Waals surface area contributed by atoms with E-state index in [9.17, 15) is 0 Å². The molecule has 0 atom stereocenters. The lowest BCUT2D eigenvalue weighted by Gasteiger charge is -2.09. The zero-order valence-corrected chi connectivity index (χ0v) is 18.5. The van der Waals surface area contributed by atoms with Gasteiger partial charge in [-0.1, -0.05) is 41.9 Å². The van der Waals surface area contributed by atoms with Crippen molar-refractivity contribution in [2.24, 2.45) is 0 Å². The molecule has 0 saturated heterocycles. The molecule has 32 heavy (non-hydrogen) atoms. The Morgan fingerprint density at radius 2 is 1.72 bits per heavy atom.